The van der Waals surface area contributed by atoms with Crippen LogP contribution in [-0.4, -0.2) is 38.6 Å². The van der Waals surface area contributed by atoms with E-state index >= 15 is 0 Å². The van der Waals surface area contributed by atoms with Gasteiger partial charge in [0.25, 0.3) is 0 Å². The molecule has 100 valence electrons. The molecule has 0 radical (unpaired) electrons. The normalized spacial score (nSPS) is 17.4. The minimum atomic E-state index is 0.707. The van der Waals surface area contributed by atoms with Crippen molar-refractivity contribution in [3.63, 3.8) is 0 Å². The van der Waals surface area contributed by atoms with Crippen LogP contribution in [0.2, 0.25) is 5.02 Å². The SMILES string of the molecule is CN(C)CC1CCN(c2ccc(Cl)cc2N)CC1. The van der Waals surface area contributed by atoms with Crippen molar-refractivity contribution < 1.29 is 0 Å². The van der Waals surface area contributed by atoms with Gasteiger partial charge in [-0.2, -0.15) is 0 Å². The summed E-state index contributed by atoms with van der Waals surface area (Å²) >= 11 is 5.93. The molecule has 1 heterocycles. The van der Waals surface area contributed by atoms with E-state index < -0.39 is 0 Å². The van der Waals surface area contributed by atoms with Gasteiger partial charge in [-0.15, -0.1) is 0 Å². The molecule has 1 saturated heterocycles. The maximum absolute atomic E-state index is 6.03. The van der Waals surface area contributed by atoms with Crippen LogP contribution >= 0.6 is 11.6 Å². The second-order valence-electron chi connectivity index (χ2n) is 5.40. The zero-order chi connectivity index (χ0) is 13.1. The number of anilines is 2. The zero-order valence-electron chi connectivity index (χ0n) is 11.2. The van der Waals surface area contributed by atoms with Crippen molar-refractivity contribution in [1.82, 2.24) is 4.90 Å². The number of hydrogen-bond donors (Lipinski definition) is 1. The third kappa shape index (κ3) is 3.30. The molecule has 4 heteroatoms. The quantitative estimate of drug-likeness (QED) is 0.855. The first kappa shape index (κ1) is 13.5. The molecule has 0 spiro atoms. The van der Waals surface area contributed by atoms with Crippen molar-refractivity contribution in [2.45, 2.75) is 12.8 Å². The van der Waals surface area contributed by atoms with Gasteiger partial charge in [0.2, 0.25) is 0 Å². The van der Waals surface area contributed by atoms with Crippen molar-refractivity contribution in [3.05, 3.63) is 23.2 Å². The van der Waals surface area contributed by atoms with E-state index in [-0.39, 0.29) is 0 Å². The molecule has 1 fully saturated rings. The maximum Gasteiger partial charge on any atom is 0.0600 e. The molecule has 1 aromatic rings. The summed E-state index contributed by atoms with van der Waals surface area (Å²) in [6.45, 7) is 3.36. The zero-order valence-corrected chi connectivity index (χ0v) is 12.0. The lowest BCUT2D eigenvalue weighted by atomic mass is 9.96. The molecule has 0 amide bonds. The Kier molecular flexibility index (Phi) is 4.36. The van der Waals surface area contributed by atoms with E-state index in [1.165, 1.54) is 19.4 Å². The van der Waals surface area contributed by atoms with E-state index in [9.17, 15) is 0 Å². The van der Waals surface area contributed by atoms with Crippen LogP contribution in [0.3, 0.4) is 0 Å². The second-order valence-corrected chi connectivity index (χ2v) is 5.83. The summed E-state index contributed by atoms with van der Waals surface area (Å²) in [6, 6.07) is 5.78. The predicted molar refractivity (Wildman–Crippen MR) is 79.4 cm³/mol. The van der Waals surface area contributed by atoms with Crippen LogP contribution in [0.25, 0.3) is 0 Å². The predicted octanol–water partition coefficient (Wildman–Crippen LogP) is 2.70. The molecule has 1 aliphatic heterocycles. The molecular formula is C14H22ClN3. The molecule has 18 heavy (non-hydrogen) atoms. The number of benzene rings is 1. The third-order valence-electron chi connectivity index (χ3n) is 3.57. The van der Waals surface area contributed by atoms with Gasteiger partial charge in [0.05, 0.1) is 11.4 Å². The minimum absolute atomic E-state index is 0.707. The van der Waals surface area contributed by atoms with Crippen LogP contribution in [0.1, 0.15) is 12.8 Å². The third-order valence-corrected chi connectivity index (χ3v) is 3.80. The number of piperidine rings is 1. The van der Waals surface area contributed by atoms with Crippen LogP contribution in [-0.2, 0) is 0 Å². The van der Waals surface area contributed by atoms with Gasteiger partial charge < -0.3 is 15.5 Å². The lowest BCUT2D eigenvalue weighted by Gasteiger charge is -2.35. The van der Waals surface area contributed by atoms with Crippen molar-refractivity contribution in [1.29, 1.82) is 0 Å². The highest BCUT2D eigenvalue weighted by Gasteiger charge is 2.20. The fourth-order valence-electron chi connectivity index (χ4n) is 2.69. The van der Waals surface area contributed by atoms with Crippen LogP contribution in [0, 0.1) is 5.92 Å². The molecule has 0 aromatic heterocycles. The van der Waals surface area contributed by atoms with Gasteiger partial charge in [0.15, 0.2) is 0 Å². The standard InChI is InChI=1S/C14H22ClN3/c1-17(2)10-11-5-7-18(8-6-11)14-4-3-12(15)9-13(14)16/h3-4,9,11H,5-8,10,16H2,1-2H3. The average Bonchev–Trinajstić information content (AvgIpc) is 2.30. The summed E-state index contributed by atoms with van der Waals surface area (Å²) in [5, 5.41) is 0.707. The molecule has 0 saturated carbocycles. The van der Waals surface area contributed by atoms with E-state index in [2.05, 4.69) is 23.9 Å². The number of nitrogens with zero attached hydrogens (tertiary/aromatic N) is 2. The number of nitrogens with two attached hydrogens (primary N) is 1. The fraction of sp³-hybridized carbons (Fsp3) is 0.571. The van der Waals surface area contributed by atoms with Gasteiger partial charge >= 0.3 is 0 Å². The number of hydrogen-bond acceptors (Lipinski definition) is 3. The van der Waals surface area contributed by atoms with E-state index in [1.807, 2.05) is 18.2 Å². The number of rotatable bonds is 3. The molecule has 0 aliphatic carbocycles. The Morgan fingerprint density at radius 2 is 2.00 bits per heavy atom. The van der Waals surface area contributed by atoms with Gasteiger partial charge in [-0.3, -0.25) is 0 Å². The van der Waals surface area contributed by atoms with Crippen molar-refractivity contribution in [2.24, 2.45) is 5.92 Å². The fourth-order valence-corrected chi connectivity index (χ4v) is 2.87. The topological polar surface area (TPSA) is 32.5 Å². The van der Waals surface area contributed by atoms with Gasteiger partial charge in [0.1, 0.15) is 0 Å². The summed E-state index contributed by atoms with van der Waals surface area (Å²) in [7, 11) is 4.28. The van der Waals surface area contributed by atoms with Crippen molar-refractivity contribution >= 4 is 23.0 Å². The van der Waals surface area contributed by atoms with E-state index in [1.54, 1.807) is 0 Å². The average molecular weight is 268 g/mol. The molecule has 2 rings (SSSR count). The number of nitrogen functional groups attached to an aromatic ring is 1. The first-order valence-corrected chi connectivity index (χ1v) is 6.89. The smallest absolute Gasteiger partial charge is 0.0600 e. The van der Waals surface area contributed by atoms with Crippen LogP contribution in [0.5, 0.6) is 0 Å². The summed E-state index contributed by atoms with van der Waals surface area (Å²) in [5.41, 5.74) is 7.95. The Hall–Kier alpha value is -0.930. The van der Waals surface area contributed by atoms with Gasteiger partial charge in [0, 0.05) is 24.7 Å². The molecule has 0 bridgehead atoms. The molecular weight excluding hydrogens is 246 g/mol. The van der Waals surface area contributed by atoms with Gasteiger partial charge in [-0.1, -0.05) is 11.6 Å². The number of halogens is 1. The highest BCUT2D eigenvalue weighted by molar-refractivity contribution is 6.31. The van der Waals surface area contributed by atoms with Crippen LogP contribution in [0.15, 0.2) is 18.2 Å². The largest absolute Gasteiger partial charge is 0.397 e. The van der Waals surface area contributed by atoms with Crippen molar-refractivity contribution in [2.75, 3.05) is 44.4 Å². The second kappa shape index (κ2) is 5.81. The monoisotopic (exact) mass is 267 g/mol. The lowest BCUT2D eigenvalue weighted by Crippen LogP contribution is -2.37. The highest BCUT2D eigenvalue weighted by atomic mass is 35.5. The molecule has 0 unspecified atom stereocenters. The Morgan fingerprint density at radius 3 is 2.56 bits per heavy atom. The molecule has 2 N–H and O–H groups in total. The molecule has 3 nitrogen and oxygen atoms in total. The highest BCUT2D eigenvalue weighted by Crippen LogP contribution is 2.30. The molecule has 0 atom stereocenters. The summed E-state index contributed by atoms with van der Waals surface area (Å²) in [5.74, 6) is 0.810. The minimum Gasteiger partial charge on any atom is -0.397 e. The van der Waals surface area contributed by atoms with Crippen molar-refractivity contribution in [3.8, 4) is 0 Å². The Balaban J connectivity index is 1.97. The van der Waals surface area contributed by atoms with E-state index in [0.29, 0.717) is 5.02 Å². The van der Waals surface area contributed by atoms with Crippen LogP contribution < -0.4 is 10.6 Å². The summed E-state index contributed by atoms with van der Waals surface area (Å²) < 4.78 is 0. The molecule has 1 aromatic carbocycles. The lowest BCUT2D eigenvalue weighted by molar-refractivity contribution is 0.285. The Labute approximate surface area is 115 Å². The van der Waals surface area contributed by atoms with Gasteiger partial charge in [-0.05, 0) is 51.1 Å². The van der Waals surface area contributed by atoms with E-state index in [0.717, 1.165) is 30.4 Å². The maximum atomic E-state index is 6.03. The Morgan fingerprint density at radius 1 is 1.33 bits per heavy atom. The van der Waals surface area contributed by atoms with Crippen LogP contribution in [0.4, 0.5) is 11.4 Å². The first-order valence-electron chi connectivity index (χ1n) is 6.51. The summed E-state index contributed by atoms with van der Waals surface area (Å²) in [4.78, 5) is 4.65. The van der Waals surface area contributed by atoms with E-state index in [4.69, 9.17) is 17.3 Å². The first-order chi connectivity index (χ1) is 8.56. The van der Waals surface area contributed by atoms with Gasteiger partial charge in [-0.25, -0.2) is 0 Å². The summed E-state index contributed by atoms with van der Waals surface area (Å²) in [6.07, 6.45) is 2.47. The molecule has 1 aliphatic rings. The Bertz CT molecular complexity index is 398.